The molecular formula is C11H13NO3. The molecule has 4 nitrogen and oxygen atoms in total. The fourth-order valence-electron chi connectivity index (χ4n) is 1.59. The second-order valence-electron chi connectivity index (χ2n) is 3.38. The number of cyclic esters (lactones) is 1. The number of benzene rings is 1. The fourth-order valence-corrected chi connectivity index (χ4v) is 1.59. The Morgan fingerprint density at radius 3 is 2.73 bits per heavy atom. The second kappa shape index (κ2) is 4.21. The monoisotopic (exact) mass is 207 g/mol. The van der Waals surface area contributed by atoms with Gasteiger partial charge >= 0.3 is 6.09 Å². The van der Waals surface area contributed by atoms with Crippen molar-refractivity contribution in [3.8, 4) is 5.75 Å². The van der Waals surface area contributed by atoms with Crippen LogP contribution in [0.1, 0.15) is 18.1 Å². The van der Waals surface area contributed by atoms with Crippen LogP contribution in [-0.2, 0) is 4.74 Å². The van der Waals surface area contributed by atoms with Crippen LogP contribution >= 0.6 is 0 Å². The number of nitrogens with one attached hydrogen (secondary N) is 1. The van der Waals surface area contributed by atoms with Gasteiger partial charge in [0.1, 0.15) is 11.9 Å². The lowest BCUT2D eigenvalue weighted by atomic mass is 10.1. The summed E-state index contributed by atoms with van der Waals surface area (Å²) in [5, 5.41) is 2.62. The summed E-state index contributed by atoms with van der Waals surface area (Å²) in [6.07, 6.45) is 0.324. The van der Waals surface area contributed by atoms with E-state index in [2.05, 4.69) is 5.32 Å². The van der Waals surface area contributed by atoms with E-state index in [9.17, 15) is 4.79 Å². The number of alkyl carbamates (subject to hydrolysis) is 1. The molecule has 1 unspecified atom stereocenters. The summed E-state index contributed by atoms with van der Waals surface area (Å²) < 4.78 is 10.2. The molecule has 1 heterocycles. The minimum atomic E-state index is -0.345. The van der Waals surface area contributed by atoms with Crippen molar-refractivity contribution in [3.63, 3.8) is 0 Å². The molecule has 0 radical (unpaired) electrons. The summed E-state index contributed by atoms with van der Waals surface area (Å²) in [5.74, 6) is 0.805. The highest BCUT2D eigenvalue weighted by molar-refractivity contribution is 5.68. The molecule has 0 saturated carbocycles. The van der Waals surface area contributed by atoms with Crippen LogP contribution in [-0.4, -0.2) is 19.7 Å². The standard InChI is InChI=1S/C11H13NO3/c1-14-9-4-2-8(3-5-9)10-6-7-12-11(13)15-10/h2-5,10H,6-7H2,1H3,(H,12,13). The summed E-state index contributed by atoms with van der Waals surface area (Å²) in [4.78, 5) is 11.0. The Balaban J connectivity index is 2.11. The van der Waals surface area contributed by atoms with Gasteiger partial charge in [-0.15, -0.1) is 0 Å². The number of carbonyl (C=O) groups excluding carboxylic acids is 1. The lowest BCUT2D eigenvalue weighted by molar-refractivity contribution is 0.0738. The van der Waals surface area contributed by atoms with Crippen LogP contribution in [0.5, 0.6) is 5.75 Å². The summed E-state index contributed by atoms with van der Waals surface area (Å²) in [6, 6.07) is 7.57. The van der Waals surface area contributed by atoms with Crippen molar-refractivity contribution in [1.29, 1.82) is 0 Å². The average Bonchev–Trinajstić information content (AvgIpc) is 2.29. The number of hydrogen-bond acceptors (Lipinski definition) is 3. The topological polar surface area (TPSA) is 47.6 Å². The smallest absolute Gasteiger partial charge is 0.407 e. The first-order chi connectivity index (χ1) is 7.29. The van der Waals surface area contributed by atoms with Crippen molar-refractivity contribution in [1.82, 2.24) is 5.32 Å². The molecule has 1 saturated heterocycles. The largest absolute Gasteiger partial charge is 0.497 e. The highest BCUT2D eigenvalue weighted by atomic mass is 16.6. The predicted octanol–water partition coefficient (Wildman–Crippen LogP) is 1.87. The minimum absolute atomic E-state index is 0.135. The van der Waals surface area contributed by atoms with Gasteiger partial charge in [0.15, 0.2) is 0 Å². The van der Waals surface area contributed by atoms with Gasteiger partial charge in [-0.2, -0.15) is 0 Å². The molecule has 1 aliphatic heterocycles. The molecule has 0 aliphatic carbocycles. The van der Waals surface area contributed by atoms with E-state index in [0.29, 0.717) is 6.54 Å². The molecule has 0 spiro atoms. The maximum absolute atomic E-state index is 11.0. The first-order valence-electron chi connectivity index (χ1n) is 4.88. The van der Waals surface area contributed by atoms with E-state index in [4.69, 9.17) is 9.47 Å². The third kappa shape index (κ3) is 2.21. The van der Waals surface area contributed by atoms with Crippen molar-refractivity contribution >= 4 is 6.09 Å². The van der Waals surface area contributed by atoms with Crippen LogP contribution < -0.4 is 10.1 Å². The van der Waals surface area contributed by atoms with Gasteiger partial charge in [-0.25, -0.2) is 4.79 Å². The van der Waals surface area contributed by atoms with Gasteiger partial charge in [0.05, 0.1) is 7.11 Å². The SMILES string of the molecule is COc1ccc(C2CCNC(=O)O2)cc1. The zero-order chi connectivity index (χ0) is 10.7. The van der Waals surface area contributed by atoms with Crippen molar-refractivity contribution < 1.29 is 14.3 Å². The molecule has 1 aromatic carbocycles. The zero-order valence-electron chi connectivity index (χ0n) is 8.53. The van der Waals surface area contributed by atoms with Gasteiger partial charge < -0.3 is 14.8 Å². The Kier molecular flexibility index (Phi) is 2.76. The summed E-state index contributed by atoms with van der Waals surface area (Å²) in [6.45, 7) is 0.662. The first-order valence-corrected chi connectivity index (χ1v) is 4.88. The number of methoxy groups -OCH3 is 1. The summed E-state index contributed by atoms with van der Waals surface area (Å²) >= 11 is 0. The molecule has 4 heteroatoms. The molecule has 80 valence electrons. The zero-order valence-corrected chi connectivity index (χ0v) is 8.53. The van der Waals surface area contributed by atoms with Crippen molar-refractivity contribution in [2.24, 2.45) is 0 Å². The Morgan fingerprint density at radius 1 is 1.40 bits per heavy atom. The Bertz CT molecular complexity index is 347. The van der Waals surface area contributed by atoms with E-state index < -0.39 is 0 Å². The number of hydrogen-bond donors (Lipinski definition) is 1. The molecule has 1 atom stereocenters. The van der Waals surface area contributed by atoms with Gasteiger partial charge in [-0.3, -0.25) is 0 Å². The average molecular weight is 207 g/mol. The number of carbonyl (C=O) groups is 1. The third-order valence-corrected chi connectivity index (χ3v) is 2.41. The highest BCUT2D eigenvalue weighted by Gasteiger charge is 2.21. The van der Waals surface area contributed by atoms with E-state index in [0.717, 1.165) is 17.7 Å². The van der Waals surface area contributed by atoms with Crippen molar-refractivity contribution in [3.05, 3.63) is 29.8 Å². The maximum Gasteiger partial charge on any atom is 0.407 e. The Hall–Kier alpha value is -1.71. The number of ether oxygens (including phenoxy) is 2. The quantitative estimate of drug-likeness (QED) is 0.805. The van der Waals surface area contributed by atoms with Gasteiger partial charge in [0.2, 0.25) is 0 Å². The Labute approximate surface area is 88.2 Å². The molecule has 2 rings (SSSR count). The van der Waals surface area contributed by atoms with Crippen LogP contribution in [0.2, 0.25) is 0 Å². The number of amides is 1. The van der Waals surface area contributed by atoms with Crippen LogP contribution in [0.25, 0.3) is 0 Å². The predicted molar refractivity (Wildman–Crippen MR) is 54.8 cm³/mol. The molecule has 1 N–H and O–H groups in total. The van der Waals surface area contributed by atoms with E-state index in [-0.39, 0.29) is 12.2 Å². The Morgan fingerprint density at radius 2 is 2.13 bits per heavy atom. The lowest BCUT2D eigenvalue weighted by Gasteiger charge is -2.23. The van der Waals surface area contributed by atoms with Gasteiger partial charge in [0, 0.05) is 13.0 Å². The second-order valence-corrected chi connectivity index (χ2v) is 3.38. The highest BCUT2D eigenvalue weighted by Crippen LogP contribution is 2.25. The van der Waals surface area contributed by atoms with E-state index in [1.807, 2.05) is 24.3 Å². The van der Waals surface area contributed by atoms with Crippen LogP contribution in [0.3, 0.4) is 0 Å². The first kappa shape index (κ1) is 9.83. The molecular weight excluding hydrogens is 194 g/mol. The van der Waals surface area contributed by atoms with Crippen LogP contribution in [0.4, 0.5) is 4.79 Å². The van der Waals surface area contributed by atoms with Gasteiger partial charge in [0.25, 0.3) is 0 Å². The van der Waals surface area contributed by atoms with Crippen LogP contribution in [0.15, 0.2) is 24.3 Å². The minimum Gasteiger partial charge on any atom is -0.497 e. The molecule has 1 aromatic rings. The normalized spacial score (nSPS) is 20.3. The van der Waals surface area contributed by atoms with E-state index >= 15 is 0 Å². The molecule has 15 heavy (non-hydrogen) atoms. The van der Waals surface area contributed by atoms with Crippen molar-refractivity contribution in [2.75, 3.05) is 13.7 Å². The number of rotatable bonds is 2. The fraction of sp³-hybridized carbons (Fsp3) is 0.364. The van der Waals surface area contributed by atoms with Gasteiger partial charge in [-0.1, -0.05) is 12.1 Å². The van der Waals surface area contributed by atoms with Crippen LogP contribution in [0, 0.1) is 0 Å². The molecule has 1 fully saturated rings. The van der Waals surface area contributed by atoms with E-state index in [1.165, 1.54) is 0 Å². The summed E-state index contributed by atoms with van der Waals surface area (Å²) in [5.41, 5.74) is 1.01. The maximum atomic E-state index is 11.0. The molecule has 1 amide bonds. The molecule has 0 aromatic heterocycles. The third-order valence-electron chi connectivity index (χ3n) is 2.41. The van der Waals surface area contributed by atoms with Crippen molar-refractivity contribution in [2.45, 2.75) is 12.5 Å². The summed E-state index contributed by atoms with van der Waals surface area (Å²) in [7, 11) is 1.62. The van der Waals surface area contributed by atoms with Gasteiger partial charge in [-0.05, 0) is 17.7 Å². The lowest BCUT2D eigenvalue weighted by Crippen LogP contribution is -2.33. The molecule has 0 bridgehead atoms. The van der Waals surface area contributed by atoms with E-state index in [1.54, 1.807) is 7.11 Å². The molecule has 1 aliphatic rings.